The SMILES string of the molecule is CC[C@]1(C)CN(C(=O)NCC2CCN(c3ccncc3)CC2)CCO1. The normalized spacial score (nSPS) is 25.0. The quantitative estimate of drug-likeness (QED) is 0.910. The van der Waals surface area contributed by atoms with Gasteiger partial charge in [-0.15, -0.1) is 0 Å². The maximum Gasteiger partial charge on any atom is 0.317 e. The van der Waals surface area contributed by atoms with E-state index < -0.39 is 0 Å². The number of nitrogens with one attached hydrogen (secondary N) is 1. The van der Waals surface area contributed by atoms with Gasteiger partial charge in [-0.2, -0.15) is 0 Å². The zero-order valence-electron chi connectivity index (χ0n) is 15.4. The standard InChI is InChI=1S/C19H30N4O2/c1-3-19(2)15-23(12-13-25-19)18(24)21-14-16-6-10-22(11-7-16)17-4-8-20-9-5-17/h4-5,8-9,16H,3,6-7,10-15H2,1-2H3,(H,21,24)/t19-/m1/s1. The molecule has 2 amide bonds. The number of nitrogens with zero attached hydrogens (tertiary/aromatic N) is 3. The summed E-state index contributed by atoms with van der Waals surface area (Å²) >= 11 is 0. The van der Waals surface area contributed by atoms with Crippen molar-refractivity contribution in [2.24, 2.45) is 5.92 Å². The van der Waals surface area contributed by atoms with Crippen molar-refractivity contribution in [1.82, 2.24) is 15.2 Å². The van der Waals surface area contributed by atoms with Crippen LogP contribution >= 0.6 is 0 Å². The van der Waals surface area contributed by atoms with Crippen molar-refractivity contribution in [3.05, 3.63) is 24.5 Å². The van der Waals surface area contributed by atoms with Gasteiger partial charge in [0.1, 0.15) is 0 Å². The van der Waals surface area contributed by atoms with E-state index >= 15 is 0 Å². The Balaban J connectivity index is 1.41. The number of piperidine rings is 1. The molecule has 2 saturated heterocycles. The third kappa shape index (κ3) is 4.63. The second kappa shape index (κ2) is 8.04. The fraction of sp³-hybridized carbons (Fsp3) is 0.684. The number of ether oxygens (including phenoxy) is 1. The highest BCUT2D eigenvalue weighted by molar-refractivity contribution is 5.74. The summed E-state index contributed by atoms with van der Waals surface area (Å²) in [6, 6.07) is 4.18. The van der Waals surface area contributed by atoms with Crippen LogP contribution in [0.2, 0.25) is 0 Å². The van der Waals surface area contributed by atoms with E-state index in [9.17, 15) is 4.79 Å². The number of hydrogen-bond donors (Lipinski definition) is 1. The predicted molar refractivity (Wildman–Crippen MR) is 98.8 cm³/mol. The molecule has 0 spiro atoms. The van der Waals surface area contributed by atoms with Crippen molar-refractivity contribution < 1.29 is 9.53 Å². The van der Waals surface area contributed by atoms with Crippen molar-refractivity contribution in [3.63, 3.8) is 0 Å². The number of urea groups is 1. The van der Waals surface area contributed by atoms with Gasteiger partial charge in [-0.3, -0.25) is 4.98 Å². The third-order valence-electron chi connectivity index (χ3n) is 5.56. The van der Waals surface area contributed by atoms with Gasteiger partial charge in [0.25, 0.3) is 0 Å². The summed E-state index contributed by atoms with van der Waals surface area (Å²) in [6.07, 6.45) is 6.82. The van der Waals surface area contributed by atoms with Gasteiger partial charge in [-0.05, 0) is 44.2 Å². The Morgan fingerprint density at radius 3 is 2.72 bits per heavy atom. The monoisotopic (exact) mass is 346 g/mol. The predicted octanol–water partition coefficient (Wildman–Crippen LogP) is 2.51. The Bertz CT molecular complexity index is 560. The van der Waals surface area contributed by atoms with Gasteiger partial charge in [0, 0.05) is 44.3 Å². The van der Waals surface area contributed by atoms with E-state index in [1.807, 2.05) is 17.3 Å². The van der Waals surface area contributed by atoms with E-state index in [1.165, 1.54) is 5.69 Å². The van der Waals surface area contributed by atoms with Crippen molar-refractivity contribution in [3.8, 4) is 0 Å². The first-order valence-corrected chi connectivity index (χ1v) is 9.41. The van der Waals surface area contributed by atoms with E-state index in [4.69, 9.17) is 4.74 Å². The molecule has 25 heavy (non-hydrogen) atoms. The van der Waals surface area contributed by atoms with E-state index in [0.717, 1.165) is 38.9 Å². The molecule has 0 bridgehead atoms. The van der Waals surface area contributed by atoms with Gasteiger partial charge < -0.3 is 19.9 Å². The maximum atomic E-state index is 12.5. The van der Waals surface area contributed by atoms with Crippen LogP contribution < -0.4 is 10.2 Å². The second-order valence-electron chi connectivity index (χ2n) is 7.40. The Morgan fingerprint density at radius 2 is 2.04 bits per heavy atom. The van der Waals surface area contributed by atoms with Crippen LogP contribution in [-0.2, 0) is 4.74 Å². The number of hydrogen-bond acceptors (Lipinski definition) is 4. The molecule has 0 unspecified atom stereocenters. The molecule has 0 aromatic carbocycles. The first kappa shape index (κ1) is 18.0. The number of anilines is 1. The molecule has 0 aliphatic carbocycles. The van der Waals surface area contributed by atoms with Gasteiger partial charge in [0.15, 0.2) is 0 Å². The molecule has 1 N–H and O–H groups in total. The Hall–Kier alpha value is -1.82. The van der Waals surface area contributed by atoms with Crippen LogP contribution in [0, 0.1) is 5.92 Å². The molecular formula is C19H30N4O2. The Labute approximate surface area is 150 Å². The van der Waals surface area contributed by atoms with Crippen molar-refractivity contribution in [2.45, 2.75) is 38.7 Å². The smallest absolute Gasteiger partial charge is 0.317 e. The molecule has 2 aliphatic heterocycles. The summed E-state index contributed by atoms with van der Waals surface area (Å²) in [5.41, 5.74) is 1.04. The van der Waals surface area contributed by atoms with Crippen LogP contribution in [0.5, 0.6) is 0 Å². The minimum atomic E-state index is -0.203. The number of pyridine rings is 1. The maximum absolute atomic E-state index is 12.5. The molecule has 6 heteroatoms. The number of aromatic nitrogens is 1. The highest BCUT2D eigenvalue weighted by atomic mass is 16.5. The van der Waals surface area contributed by atoms with Gasteiger partial charge in [-0.1, -0.05) is 6.92 Å². The number of amides is 2. The fourth-order valence-electron chi connectivity index (χ4n) is 3.61. The fourth-order valence-corrected chi connectivity index (χ4v) is 3.61. The van der Waals surface area contributed by atoms with Gasteiger partial charge in [-0.25, -0.2) is 4.79 Å². The summed E-state index contributed by atoms with van der Waals surface area (Å²) in [7, 11) is 0. The minimum absolute atomic E-state index is 0.0551. The average molecular weight is 346 g/mol. The third-order valence-corrected chi connectivity index (χ3v) is 5.56. The Kier molecular flexibility index (Phi) is 5.78. The van der Waals surface area contributed by atoms with Crippen LogP contribution in [0.4, 0.5) is 10.5 Å². The highest BCUT2D eigenvalue weighted by Crippen LogP contribution is 2.23. The molecule has 3 heterocycles. The molecule has 1 aromatic heterocycles. The summed E-state index contributed by atoms with van der Waals surface area (Å²) < 4.78 is 5.81. The van der Waals surface area contributed by atoms with Crippen LogP contribution in [0.3, 0.4) is 0 Å². The summed E-state index contributed by atoms with van der Waals surface area (Å²) in [4.78, 5) is 20.8. The van der Waals surface area contributed by atoms with Crippen molar-refractivity contribution in [2.75, 3.05) is 44.2 Å². The van der Waals surface area contributed by atoms with Gasteiger partial charge in [0.2, 0.25) is 0 Å². The first-order valence-electron chi connectivity index (χ1n) is 9.41. The molecule has 2 fully saturated rings. The lowest BCUT2D eigenvalue weighted by Crippen LogP contribution is -2.55. The lowest BCUT2D eigenvalue weighted by atomic mass is 9.96. The molecule has 3 rings (SSSR count). The molecule has 0 radical (unpaired) electrons. The number of rotatable bonds is 4. The number of carbonyl (C=O) groups is 1. The second-order valence-corrected chi connectivity index (χ2v) is 7.40. The van der Waals surface area contributed by atoms with Crippen LogP contribution in [0.1, 0.15) is 33.1 Å². The van der Waals surface area contributed by atoms with Crippen LogP contribution in [0.15, 0.2) is 24.5 Å². The summed E-state index contributed by atoms with van der Waals surface area (Å²) in [6.45, 7) is 9.02. The minimum Gasteiger partial charge on any atom is -0.372 e. The Morgan fingerprint density at radius 1 is 1.32 bits per heavy atom. The van der Waals surface area contributed by atoms with Crippen LogP contribution in [-0.4, -0.2) is 60.8 Å². The molecule has 1 atom stereocenters. The molecular weight excluding hydrogens is 316 g/mol. The van der Waals surface area contributed by atoms with Crippen molar-refractivity contribution in [1.29, 1.82) is 0 Å². The van der Waals surface area contributed by atoms with E-state index in [-0.39, 0.29) is 11.6 Å². The number of carbonyl (C=O) groups excluding carboxylic acids is 1. The topological polar surface area (TPSA) is 57.7 Å². The largest absolute Gasteiger partial charge is 0.372 e. The molecule has 0 saturated carbocycles. The average Bonchev–Trinajstić information content (AvgIpc) is 2.67. The van der Waals surface area contributed by atoms with Crippen molar-refractivity contribution >= 4 is 11.7 Å². The zero-order chi connectivity index (χ0) is 17.7. The number of morpholine rings is 1. The molecule has 6 nitrogen and oxygen atoms in total. The molecule has 2 aliphatic rings. The lowest BCUT2D eigenvalue weighted by Gasteiger charge is -2.40. The highest BCUT2D eigenvalue weighted by Gasteiger charge is 2.32. The van der Waals surface area contributed by atoms with E-state index in [1.54, 1.807) is 0 Å². The summed E-state index contributed by atoms with van der Waals surface area (Å²) in [5.74, 6) is 0.556. The molecule has 1 aromatic rings. The zero-order valence-corrected chi connectivity index (χ0v) is 15.4. The first-order chi connectivity index (χ1) is 12.1. The van der Waals surface area contributed by atoms with E-state index in [2.05, 4.69) is 41.2 Å². The summed E-state index contributed by atoms with van der Waals surface area (Å²) in [5, 5.41) is 3.14. The van der Waals surface area contributed by atoms with Gasteiger partial charge in [0.05, 0.1) is 18.8 Å². The lowest BCUT2D eigenvalue weighted by molar-refractivity contribution is -0.0873. The van der Waals surface area contributed by atoms with E-state index in [0.29, 0.717) is 25.6 Å². The van der Waals surface area contributed by atoms with Crippen LogP contribution in [0.25, 0.3) is 0 Å². The molecule has 138 valence electrons. The van der Waals surface area contributed by atoms with Gasteiger partial charge >= 0.3 is 6.03 Å².